The molecule has 29 heavy (non-hydrogen) atoms. The molecule has 2 aromatic carbocycles. The molecule has 0 bridgehead atoms. The summed E-state index contributed by atoms with van der Waals surface area (Å²) in [5.41, 5.74) is 1.55. The Morgan fingerprint density at radius 2 is 1.72 bits per heavy atom. The SMILES string of the molecule is CCN(CC)CCN1C(=O)c2oc3ccccc3c(=O)c2[C@@H]1c1ccc(Cl)cc1. The predicted molar refractivity (Wildman–Crippen MR) is 115 cm³/mol. The highest BCUT2D eigenvalue weighted by Gasteiger charge is 2.42. The van der Waals surface area contributed by atoms with Crippen LogP contribution in [-0.4, -0.2) is 41.9 Å². The van der Waals surface area contributed by atoms with Crippen molar-refractivity contribution in [3.8, 4) is 0 Å². The summed E-state index contributed by atoms with van der Waals surface area (Å²) in [6.45, 7) is 7.23. The molecule has 0 saturated carbocycles. The van der Waals surface area contributed by atoms with E-state index < -0.39 is 6.04 Å². The largest absolute Gasteiger partial charge is 0.450 e. The van der Waals surface area contributed by atoms with Gasteiger partial charge < -0.3 is 14.2 Å². The van der Waals surface area contributed by atoms with Crippen LogP contribution in [-0.2, 0) is 0 Å². The first-order chi connectivity index (χ1) is 14.0. The van der Waals surface area contributed by atoms with Crippen LogP contribution in [0.2, 0.25) is 5.02 Å². The van der Waals surface area contributed by atoms with Crippen LogP contribution in [0, 0.1) is 0 Å². The first-order valence-electron chi connectivity index (χ1n) is 9.89. The monoisotopic (exact) mass is 410 g/mol. The van der Waals surface area contributed by atoms with E-state index in [0.29, 0.717) is 28.1 Å². The molecule has 1 atom stereocenters. The molecule has 0 N–H and O–H groups in total. The molecule has 1 aliphatic rings. The minimum atomic E-state index is -0.480. The van der Waals surface area contributed by atoms with Crippen molar-refractivity contribution in [1.29, 1.82) is 0 Å². The number of fused-ring (bicyclic) bond motifs is 2. The number of halogens is 1. The van der Waals surface area contributed by atoms with Crippen molar-refractivity contribution in [2.75, 3.05) is 26.2 Å². The third-order valence-corrected chi connectivity index (χ3v) is 5.86. The smallest absolute Gasteiger partial charge is 0.290 e. The van der Waals surface area contributed by atoms with Crippen molar-refractivity contribution >= 4 is 28.5 Å². The summed E-state index contributed by atoms with van der Waals surface area (Å²) < 4.78 is 5.93. The summed E-state index contributed by atoms with van der Waals surface area (Å²) in [6, 6.07) is 13.9. The molecule has 1 aliphatic heterocycles. The first-order valence-corrected chi connectivity index (χ1v) is 10.3. The van der Waals surface area contributed by atoms with Gasteiger partial charge in [0.05, 0.1) is 17.0 Å². The van der Waals surface area contributed by atoms with E-state index in [-0.39, 0.29) is 17.1 Å². The Balaban J connectivity index is 1.85. The zero-order valence-electron chi connectivity index (χ0n) is 16.5. The lowest BCUT2D eigenvalue weighted by Gasteiger charge is -2.28. The molecule has 0 aliphatic carbocycles. The maximum Gasteiger partial charge on any atom is 0.290 e. The number of nitrogens with zero attached hydrogens (tertiary/aromatic N) is 2. The summed E-state index contributed by atoms with van der Waals surface area (Å²) in [6.07, 6.45) is 0. The van der Waals surface area contributed by atoms with Crippen LogP contribution in [0.5, 0.6) is 0 Å². The maximum absolute atomic E-state index is 13.3. The second-order valence-electron chi connectivity index (χ2n) is 7.15. The van der Waals surface area contributed by atoms with Crippen LogP contribution in [0.25, 0.3) is 11.0 Å². The van der Waals surface area contributed by atoms with E-state index >= 15 is 0 Å². The van der Waals surface area contributed by atoms with Crippen LogP contribution in [0.3, 0.4) is 0 Å². The number of carbonyl (C=O) groups is 1. The van der Waals surface area contributed by atoms with Crippen molar-refractivity contribution in [3.63, 3.8) is 0 Å². The molecule has 0 radical (unpaired) electrons. The van der Waals surface area contributed by atoms with Gasteiger partial charge in [-0.05, 0) is 42.9 Å². The fraction of sp³-hybridized carbons (Fsp3) is 0.304. The van der Waals surface area contributed by atoms with Gasteiger partial charge in [0.15, 0.2) is 5.43 Å². The van der Waals surface area contributed by atoms with Gasteiger partial charge in [0.1, 0.15) is 5.58 Å². The minimum absolute atomic E-state index is 0.146. The zero-order valence-corrected chi connectivity index (χ0v) is 17.3. The van der Waals surface area contributed by atoms with Gasteiger partial charge in [-0.2, -0.15) is 0 Å². The van der Waals surface area contributed by atoms with E-state index in [1.54, 1.807) is 41.3 Å². The molecular formula is C23H23ClN2O3. The normalized spacial score (nSPS) is 16.1. The Morgan fingerprint density at radius 3 is 2.41 bits per heavy atom. The fourth-order valence-electron chi connectivity index (χ4n) is 3.98. The first kappa shape index (κ1) is 19.7. The molecule has 2 heterocycles. The lowest BCUT2D eigenvalue weighted by Crippen LogP contribution is -2.37. The lowest BCUT2D eigenvalue weighted by molar-refractivity contribution is 0.0708. The molecular weight excluding hydrogens is 388 g/mol. The highest BCUT2D eigenvalue weighted by molar-refractivity contribution is 6.30. The Kier molecular flexibility index (Phi) is 5.43. The van der Waals surface area contributed by atoms with Crippen molar-refractivity contribution in [1.82, 2.24) is 9.80 Å². The molecule has 1 amide bonds. The highest BCUT2D eigenvalue weighted by atomic mass is 35.5. The van der Waals surface area contributed by atoms with E-state index in [4.69, 9.17) is 16.0 Å². The van der Waals surface area contributed by atoms with E-state index in [2.05, 4.69) is 18.7 Å². The standard InChI is InChI=1S/C23H23ClN2O3/c1-3-25(4-2)13-14-26-20(15-9-11-16(24)12-10-15)19-21(27)17-7-5-6-8-18(17)29-22(19)23(26)28/h5-12,20H,3-4,13-14H2,1-2H3/t20-/m0/s1. The maximum atomic E-state index is 13.3. The predicted octanol–water partition coefficient (Wildman–Crippen LogP) is 4.33. The molecule has 0 unspecified atom stereocenters. The minimum Gasteiger partial charge on any atom is -0.450 e. The Labute approximate surface area is 174 Å². The second kappa shape index (κ2) is 8.01. The summed E-state index contributed by atoms with van der Waals surface area (Å²) in [5, 5.41) is 1.10. The van der Waals surface area contributed by atoms with Crippen LogP contribution in [0.15, 0.2) is 57.7 Å². The summed E-state index contributed by atoms with van der Waals surface area (Å²) in [4.78, 5) is 30.6. The number of rotatable bonds is 6. The van der Waals surface area contributed by atoms with Crippen molar-refractivity contribution in [3.05, 3.63) is 80.7 Å². The molecule has 1 aromatic heterocycles. The summed E-state index contributed by atoms with van der Waals surface area (Å²) in [5.74, 6) is -0.0943. The van der Waals surface area contributed by atoms with Crippen molar-refractivity contribution < 1.29 is 9.21 Å². The van der Waals surface area contributed by atoms with E-state index in [1.165, 1.54) is 0 Å². The molecule has 4 rings (SSSR count). The average Bonchev–Trinajstić information content (AvgIpc) is 3.02. The number of benzene rings is 2. The van der Waals surface area contributed by atoms with Gasteiger partial charge in [-0.1, -0.05) is 49.7 Å². The number of hydrogen-bond donors (Lipinski definition) is 0. The molecule has 150 valence electrons. The van der Waals surface area contributed by atoms with Gasteiger partial charge in [-0.15, -0.1) is 0 Å². The van der Waals surface area contributed by atoms with Gasteiger partial charge in [0.2, 0.25) is 5.76 Å². The topological polar surface area (TPSA) is 53.8 Å². The van der Waals surface area contributed by atoms with Gasteiger partial charge in [-0.25, -0.2) is 0 Å². The molecule has 0 saturated heterocycles. The van der Waals surface area contributed by atoms with E-state index in [9.17, 15) is 9.59 Å². The van der Waals surface area contributed by atoms with Gasteiger partial charge in [0.25, 0.3) is 5.91 Å². The fourth-order valence-corrected chi connectivity index (χ4v) is 4.10. The third kappa shape index (κ3) is 3.45. The molecule has 0 fully saturated rings. The van der Waals surface area contributed by atoms with Gasteiger partial charge in [-0.3, -0.25) is 9.59 Å². The van der Waals surface area contributed by atoms with Gasteiger partial charge >= 0.3 is 0 Å². The van der Waals surface area contributed by atoms with Crippen molar-refractivity contribution in [2.45, 2.75) is 19.9 Å². The molecule has 6 heteroatoms. The number of carbonyl (C=O) groups excluding carboxylic acids is 1. The lowest BCUT2D eigenvalue weighted by atomic mass is 9.98. The van der Waals surface area contributed by atoms with Crippen LogP contribution < -0.4 is 5.43 Å². The summed E-state index contributed by atoms with van der Waals surface area (Å²) in [7, 11) is 0. The zero-order chi connectivity index (χ0) is 20.5. The Hall–Kier alpha value is -2.63. The summed E-state index contributed by atoms with van der Waals surface area (Å²) >= 11 is 6.07. The molecule has 0 spiro atoms. The Bertz CT molecular complexity index is 1100. The number of likely N-dealkylation sites (N-methyl/N-ethyl adjacent to an activating group) is 1. The quantitative estimate of drug-likeness (QED) is 0.606. The highest BCUT2D eigenvalue weighted by Crippen LogP contribution is 2.38. The molecule has 5 nitrogen and oxygen atoms in total. The van der Waals surface area contributed by atoms with E-state index in [0.717, 1.165) is 25.2 Å². The second-order valence-corrected chi connectivity index (χ2v) is 7.59. The van der Waals surface area contributed by atoms with Gasteiger partial charge in [0, 0.05) is 18.1 Å². The van der Waals surface area contributed by atoms with E-state index in [1.807, 2.05) is 12.1 Å². The number of amides is 1. The molecule has 3 aromatic rings. The van der Waals surface area contributed by atoms with Crippen LogP contribution >= 0.6 is 11.6 Å². The number of hydrogen-bond acceptors (Lipinski definition) is 4. The van der Waals surface area contributed by atoms with Crippen LogP contribution in [0.1, 0.15) is 41.6 Å². The average molecular weight is 411 g/mol. The van der Waals surface area contributed by atoms with Crippen LogP contribution in [0.4, 0.5) is 0 Å². The van der Waals surface area contributed by atoms with Crippen molar-refractivity contribution in [2.24, 2.45) is 0 Å². The number of para-hydroxylation sites is 1. The third-order valence-electron chi connectivity index (χ3n) is 5.61. The Morgan fingerprint density at radius 1 is 1.03 bits per heavy atom.